The highest BCUT2D eigenvalue weighted by atomic mass is 16.5. The van der Waals surface area contributed by atoms with Gasteiger partial charge in [-0.25, -0.2) is 0 Å². The van der Waals surface area contributed by atoms with Gasteiger partial charge in [-0.1, -0.05) is 6.92 Å². The highest BCUT2D eigenvalue weighted by Crippen LogP contribution is 2.25. The lowest BCUT2D eigenvalue weighted by molar-refractivity contribution is 0.327. The van der Waals surface area contributed by atoms with Gasteiger partial charge in [0.25, 0.3) is 0 Å². The molecule has 0 N–H and O–H groups in total. The summed E-state index contributed by atoms with van der Waals surface area (Å²) in [6, 6.07) is 6.01. The van der Waals surface area contributed by atoms with Crippen LogP contribution < -0.4 is 9.47 Å². The lowest BCUT2D eigenvalue weighted by atomic mass is 10.1. The van der Waals surface area contributed by atoms with Crippen LogP contribution in [-0.2, 0) is 6.42 Å². The maximum absolute atomic E-state index is 5.64. The predicted molar refractivity (Wildman–Crippen MR) is 79.8 cm³/mol. The second-order valence-electron chi connectivity index (χ2n) is 4.24. The van der Waals surface area contributed by atoms with E-state index in [1.165, 1.54) is 5.56 Å². The Morgan fingerprint density at radius 2 is 1.68 bits per heavy atom. The molecular formula is C17H24O2. The van der Waals surface area contributed by atoms with Gasteiger partial charge in [-0.2, -0.15) is 0 Å². The first kappa shape index (κ1) is 15.4. The SMILES string of the molecule is CCCC#CCCc1cc(OCC)ccc1OCC. The van der Waals surface area contributed by atoms with Crippen LogP contribution in [0.1, 0.15) is 45.6 Å². The van der Waals surface area contributed by atoms with E-state index in [9.17, 15) is 0 Å². The smallest absolute Gasteiger partial charge is 0.122 e. The van der Waals surface area contributed by atoms with Gasteiger partial charge in [-0.15, -0.1) is 11.8 Å². The minimum Gasteiger partial charge on any atom is -0.494 e. The molecule has 0 atom stereocenters. The Hall–Kier alpha value is -1.62. The van der Waals surface area contributed by atoms with Gasteiger partial charge >= 0.3 is 0 Å². The van der Waals surface area contributed by atoms with E-state index < -0.39 is 0 Å². The van der Waals surface area contributed by atoms with Crippen molar-refractivity contribution in [1.29, 1.82) is 0 Å². The number of aryl methyl sites for hydroxylation is 1. The van der Waals surface area contributed by atoms with E-state index in [-0.39, 0.29) is 0 Å². The fraction of sp³-hybridized carbons (Fsp3) is 0.529. The van der Waals surface area contributed by atoms with Gasteiger partial charge in [-0.3, -0.25) is 0 Å². The molecular weight excluding hydrogens is 236 g/mol. The zero-order chi connectivity index (χ0) is 13.9. The molecule has 0 spiro atoms. The molecule has 0 aliphatic rings. The summed E-state index contributed by atoms with van der Waals surface area (Å²) in [4.78, 5) is 0. The zero-order valence-electron chi connectivity index (χ0n) is 12.3. The molecule has 1 aromatic carbocycles. The van der Waals surface area contributed by atoms with Crippen molar-refractivity contribution >= 4 is 0 Å². The molecule has 0 fully saturated rings. The van der Waals surface area contributed by atoms with Gasteiger partial charge in [0, 0.05) is 12.8 Å². The molecule has 2 heteroatoms. The molecule has 0 saturated heterocycles. The topological polar surface area (TPSA) is 18.5 Å². The van der Waals surface area contributed by atoms with Gasteiger partial charge in [0.15, 0.2) is 0 Å². The molecule has 104 valence electrons. The van der Waals surface area contributed by atoms with Crippen molar-refractivity contribution in [2.45, 2.75) is 46.5 Å². The van der Waals surface area contributed by atoms with E-state index in [2.05, 4.69) is 24.8 Å². The summed E-state index contributed by atoms with van der Waals surface area (Å²) < 4.78 is 11.2. The van der Waals surface area contributed by atoms with Crippen molar-refractivity contribution in [2.24, 2.45) is 0 Å². The number of rotatable bonds is 7. The molecule has 19 heavy (non-hydrogen) atoms. The molecule has 2 nitrogen and oxygen atoms in total. The van der Waals surface area contributed by atoms with E-state index >= 15 is 0 Å². The summed E-state index contributed by atoms with van der Waals surface area (Å²) in [5.74, 6) is 8.24. The third-order valence-electron chi connectivity index (χ3n) is 2.66. The molecule has 1 rings (SSSR count). The Morgan fingerprint density at radius 3 is 2.37 bits per heavy atom. The highest BCUT2D eigenvalue weighted by Gasteiger charge is 2.05. The lowest BCUT2D eigenvalue weighted by Crippen LogP contribution is -1.99. The van der Waals surface area contributed by atoms with E-state index in [4.69, 9.17) is 9.47 Å². The first-order valence-corrected chi connectivity index (χ1v) is 7.16. The van der Waals surface area contributed by atoms with Gasteiger partial charge in [0.05, 0.1) is 13.2 Å². The van der Waals surface area contributed by atoms with Crippen LogP contribution in [0.4, 0.5) is 0 Å². The van der Waals surface area contributed by atoms with Crippen molar-refractivity contribution in [3.8, 4) is 23.3 Å². The Balaban J connectivity index is 2.71. The molecule has 0 aliphatic heterocycles. The molecule has 0 bridgehead atoms. The summed E-state index contributed by atoms with van der Waals surface area (Å²) in [6.45, 7) is 7.51. The first-order chi connectivity index (χ1) is 9.31. The average molecular weight is 260 g/mol. The second-order valence-corrected chi connectivity index (χ2v) is 4.24. The zero-order valence-corrected chi connectivity index (χ0v) is 12.3. The summed E-state index contributed by atoms with van der Waals surface area (Å²) >= 11 is 0. The number of benzene rings is 1. The molecule has 0 aromatic heterocycles. The number of unbranched alkanes of at least 4 members (excludes halogenated alkanes) is 1. The fourth-order valence-electron chi connectivity index (χ4n) is 1.80. The predicted octanol–water partition coefficient (Wildman–Crippen LogP) is 4.22. The monoisotopic (exact) mass is 260 g/mol. The Kier molecular flexibility index (Phi) is 7.58. The minimum atomic E-state index is 0.683. The summed E-state index contributed by atoms with van der Waals surface area (Å²) in [5.41, 5.74) is 1.18. The minimum absolute atomic E-state index is 0.683. The van der Waals surface area contributed by atoms with Crippen LogP contribution >= 0.6 is 0 Å². The molecule has 0 unspecified atom stereocenters. The largest absolute Gasteiger partial charge is 0.494 e. The van der Waals surface area contributed by atoms with Gasteiger partial charge in [0.2, 0.25) is 0 Å². The average Bonchev–Trinajstić information content (AvgIpc) is 2.42. The molecule has 0 radical (unpaired) electrons. The summed E-state index contributed by atoms with van der Waals surface area (Å²) in [6.07, 6.45) is 3.89. The van der Waals surface area contributed by atoms with Gasteiger partial charge in [0.1, 0.15) is 11.5 Å². The molecule has 1 aromatic rings. The van der Waals surface area contributed by atoms with E-state index in [0.717, 1.165) is 37.2 Å². The summed E-state index contributed by atoms with van der Waals surface area (Å²) in [7, 11) is 0. The third-order valence-corrected chi connectivity index (χ3v) is 2.66. The van der Waals surface area contributed by atoms with E-state index in [1.54, 1.807) is 0 Å². The lowest BCUT2D eigenvalue weighted by Gasteiger charge is -2.11. The van der Waals surface area contributed by atoms with Crippen molar-refractivity contribution in [3.63, 3.8) is 0 Å². The quantitative estimate of drug-likeness (QED) is 0.683. The van der Waals surface area contributed by atoms with Crippen LogP contribution in [0.25, 0.3) is 0 Å². The number of hydrogen-bond acceptors (Lipinski definition) is 2. The van der Waals surface area contributed by atoms with Crippen LogP contribution in [-0.4, -0.2) is 13.2 Å². The van der Waals surface area contributed by atoms with Crippen molar-refractivity contribution in [3.05, 3.63) is 23.8 Å². The molecule has 0 heterocycles. The van der Waals surface area contributed by atoms with Crippen molar-refractivity contribution in [2.75, 3.05) is 13.2 Å². The van der Waals surface area contributed by atoms with Gasteiger partial charge in [-0.05, 0) is 50.5 Å². The molecule has 0 amide bonds. The molecule has 0 saturated carbocycles. The Labute approximate surface area is 117 Å². The van der Waals surface area contributed by atoms with E-state index in [1.807, 2.05) is 26.0 Å². The van der Waals surface area contributed by atoms with Crippen LogP contribution in [0.5, 0.6) is 11.5 Å². The maximum Gasteiger partial charge on any atom is 0.122 e. The highest BCUT2D eigenvalue weighted by molar-refractivity contribution is 5.40. The Bertz CT molecular complexity index is 427. The number of hydrogen-bond donors (Lipinski definition) is 0. The maximum atomic E-state index is 5.64. The Morgan fingerprint density at radius 1 is 0.947 bits per heavy atom. The van der Waals surface area contributed by atoms with Crippen molar-refractivity contribution < 1.29 is 9.47 Å². The van der Waals surface area contributed by atoms with Crippen LogP contribution in [0, 0.1) is 11.8 Å². The normalized spacial score (nSPS) is 9.63. The standard InChI is InChI=1S/C17H24O2/c1-4-7-8-9-10-11-15-14-16(18-5-2)12-13-17(15)19-6-3/h12-14H,4-7,10-11H2,1-3H3. The third kappa shape index (κ3) is 5.70. The fourth-order valence-corrected chi connectivity index (χ4v) is 1.80. The molecule has 0 aliphatic carbocycles. The van der Waals surface area contributed by atoms with Crippen LogP contribution in [0.2, 0.25) is 0 Å². The number of ether oxygens (including phenoxy) is 2. The first-order valence-electron chi connectivity index (χ1n) is 7.16. The van der Waals surface area contributed by atoms with E-state index in [0.29, 0.717) is 13.2 Å². The second kappa shape index (κ2) is 9.33. The summed E-state index contributed by atoms with van der Waals surface area (Å²) in [5, 5.41) is 0. The van der Waals surface area contributed by atoms with Gasteiger partial charge < -0.3 is 9.47 Å². The van der Waals surface area contributed by atoms with Crippen LogP contribution in [0.3, 0.4) is 0 Å². The van der Waals surface area contributed by atoms with Crippen molar-refractivity contribution in [1.82, 2.24) is 0 Å². The van der Waals surface area contributed by atoms with Crippen LogP contribution in [0.15, 0.2) is 18.2 Å².